The molecule has 112 valence electrons. The lowest BCUT2D eigenvalue weighted by Crippen LogP contribution is -2.19. The second-order valence-corrected chi connectivity index (χ2v) is 4.28. The van der Waals surface area contributed by atoms with Crippen molar-refractivity contribution in [1.29, 1.82) is 0 Å². The summed E-state index contributed by atoms with van der Waals surface area (Å²) < 4.78 is 45.8. The van der Waals surface area contributed by atoms with Crippen LogP contribution in [0.1, 0.15) is 0 Å². The third kappa shape index (κ3) is 4.91. The highest BCUT2D eigenvalue weighted by Crippen LogP contribution is 2.23. The molecule has 2 aromatic carbocycles. The molecular formula is C15H14F3NO2. The topological polar surface area (TPSA) is 30.5 Å². The van der Waals surface area contributed by atoms with E-state index in [0.717, 1.165) is 17.1 Å². The maximum Gasteiger partial charge on any atom is 0.422 e. The standard InChI is InChI=1S/C15H14F3NO2/c1-20-13-6-2-11(3-7-13)19-12-4-8-14(9-5-12)21-10-15(16,17)18/h2-9,19H,10H2,1H3. The van der Waals surface area contributed by atoms with E-state index in [0.29, 0.717) is 0 Å². The minimum absolute atomic E-state index is 0.174. The molecule has 0 saturated carbocycles. The van der Waals surface area contributed by atoms with Crippen molar-refractivity contribution in [2.45, 2.75) is 6.18 Å². The van der Waals surface area contributed by atoms with Crippen molar-refractivity contribution in [2.24, 2.45) is 0 Å². The number of hydrogen-bond acceptors (Lipinski definition) is 3. The fourth-order valence-electron chi connectivity index (χ4n) is 1.64. The second kappa shape index (κ2) is 6.39. The third-order valence-corrected chi connectivity index (χ3v) is 2.64. The molecule has 3 nitrogen and oxygen atoms in total. The van der Waals surface area contributed by atoms with E-state index in [9.17, 15) is 13.2 Å². The molecule has 0 unspecified atom stereocenters. The SMILES string of the molecule is COc1ccc(Nc2ccc(OCC(F)(F)F)cc2)cc1. The van der Waals surface area contributed by atoms with Crippen LogP contribution in [0.4, 0.5) is 24.5 Å². The molecule has 0 aliphatic carbocycles. The van der Waals surface area contributed by atoms with Gasteiger partial charge in [-0.25, -0.2) is 0 Å². The van der Waals surface area contributed by atoms with Crippen molar-refractivity contribution in [3.8, 4) is 11.5 Å². The van der Waals surface area contributed by atoms with E-state index in [2.05, 4.69) is 10.1 Å². The number of halogens is 3. The van der Waals surface area contributed by atoms with Gasteiger partial charge in [0.25, 0.3) is 0 Å². The predicted octanol–water partition coefficient (Wildman–Crippen LogP) is 4.38. The van der Waals surface area contributed by atoms with Crippen LogP contribution in [-0.2, 0) is 0 Å². The maximum absolute atomic E-state index is 12.0. The highest BCUT2D eigenvalue weighted by Gasteiger charge is 2.28. The quantitative estimate of drug-likeness (QED) is 0.888. The first-order valence-corrected chi connectivity index (χ1v) is 6.17. The molecule has 0 heterocycles. The van der Waals surface area contributed by atoms with E-state index in [1.165, 1.54) is 12.1 Å². The molecular weight excluding hydrogens is 283 g/mol. The Labute approximate surface area is 120 Å². The first-order valence-electron chi connectivity index (χ1n) is 6.17. The fourth-order valence-corrected chi connectivity index (χ4v) is 1.64. The van der Waals surface area contributed by atoms with Gasteiger partial charge >= 0.3 is 6.18 Å². The summed E-state index contributed by atoms with van der Waals surface area (Å²) in [5.41, 5.74) is 1.60. The van der Waals surface area contributed by atoms with Crippen LogP contribution in [0.15, 0.2) is 48.5 Å². The Morgan fingerprint density at radius 3 is 1.76 bits per heavy atom. The molecule has 2 aromatic rings. The van der Waals surface area contributed by atoms with Crippen LogP contribution in [0.5, 0.6) is 11.5 Å². The molecule has 6 heteroatoms. The van der Waals surface area contributed by atoms with Gasteiger partial charge in [0.1, 0.15) is 11.5 Å². The van der Waals surface area contributed by atoms with Gasteiger partial charge in [-0.15, -0.1) is 0 Å². The van der Waals surface area contributed by atoms with Crippen molar-refractivity contribution in [3.63, 3.8) is 0 Å². The monoisotopic (exact) mass is 297 g/mol. The van der Waals surface area contributed by atoms with Gasteiger partial charge in [-0.3, -0.25) is 0 Å². The van der Waals surface area contributed by atoms with Gasteiger partial charge in [-0.1, -0.05) is 0 Å². The maximum atomic E-state index is 12.0. The van der Waals surface area contributed by atoms with E-state index in [1.54, 1.807) is 19.2 Å². The summed E-state index contributed by atoms with van der Waals surface area (Å²) in [6, 6.07) is 13.6. The van der Waals surface area contributed by atoms with Crippen molar-refractivity contribution in [3.05, 3.63) is 48.5 Å². The number of methoxy groups -OCH3 is 1. The molecule has 0 atom stereocenters. The average Bonchev–Trinajstić information content (AvgIpc) is 2.46. The average molecular weight is 297 g/mol. The summed E-state index contributed by atoms with van der Waals surface area (Å²) in [6.45, 7) is -1.29. The number of benzene rings is 2. The van der Waals surface area contributed by atoms with Crippen LogP contribution < -0.4 is 14.8 Å². The van der Waals surface area contributed by atoms with Crippen LogP contribution in [0.25, 0.3) is 0 Å². The molecule has 2 rings (SSSR count). The first-order chi connectivity index (χ1) is 9.96. The molecule has 0 fully saturated rings. The van der Waals surface area contributed by atoms with Gasteiger partial charge in [0.05, 0.1) is 7.11 Å². The highest BCUT2D eigenvalue weighted by atomic mass is 19.4. The van der Waals surface area contributed by atoms with E-state index in [1.807, 2.05) is 24.3 Å². The fraction of sp³-hybridized carbons (Fsp3) is 0.200. The molecule has 0 spiro atoms. The largest absolute Gasteiger partial charge is 0.497 e. The number of rotatable bonds is 5. The molecule has 0 amide bonds. The van der Waals surface area contributed by atoms with Gasteiger partial charge in [0.15, 0.2) is 6.61 Å². The smallest absolute Gasteiger partial charge is 0.422 e. The Hall–Kier alpha value is -2.37. The van der Waals surface area contributed by atoms with Gasteiger partial charge in [0, 0.05) is 11.4 Å². The molecule has 0 bridgehead atoms. The van der Waals surface area contributed by atoms with E-state index < -0.39 is 12.8 Å². The minimum atomic E-state index is -4.33. The summed E-state index contributed by atoms with van der Waals surface area (Å²) >= 11 is 0. The lowest BCUT2D eigenvalue weighted by Gasteiger charge is -2.11. The Balaban J connectivity index is 1.95. The van der Waals surface area contributed by atoms with Crippen LogP contribution in [-0.4, -0.2) is 19.9 Å². The molecule has 0 radical (unpaired) electrons. The van der Waals surface area contributed by atoms with Gasteiger partial charge in [-0.05, 0) is 48.5 Å². The van der Waals surface area contributed by atoms with Crippen LogP contribution in [0.2, 0.25) is 0 Å². The lowest BCUT2D eigenvalue weighted by molar-refractivity contribution is -0.153. The molecule has 0 saturated heterocycles. The number of hydrogen-bond donors (Lipinski definition) is 1. The van der Waals surface area contributed by atoms with Crippen molar-refractivity contribution in [1.82, 2.24) is 0 Å². The molecule has 0 aliphatic rings. The Kier molecular flexibility index (Phi) is 4.57. The summed E-state index contributed by atoms with van der Waals surface area (Å²) in [5, 5.41) is 3.12. The number of nitrogens with one attached hydrogen (secondary N) is 1. The van der Waals surface area contributed by atoms with Crippen LogP contribution in [0, 0.1) is 0 Å². The molecule has 21 heavy (non-hydrogen) atoms. The second-order valence-electron chi connectivity index (χ2n) is 4.28. The molecule has 0 aromatic heterocycles. The molecule has 1 N–H and O–H groups in total. The van der Waals surface area contributed by atoms with Gasteiger partial charge < -0.3 is 14.8 Å². The number of alkyl halides is 3. The summed E-state index contributed by atoms with van der Waals surface area (Å²) in [7, 11) is 1.59. The van der Waals surface area contributed by atoms with Crippen LogP contribution >= 0.6 is 0 Å². The van der Waals surface area contributed by atoms with Crippen molar-refractivity contribution >= 4 is 11.4 Å². The Morgan fingerprint density at radius 2 is 1.33 bits per heavy atom. The van der Waals surface area contributed by atoms with Crippen LogP contribution in [0.3, 0.4) is 0 Å². The highest BCUT2D eigenvalue weighted by molar-refractivity contribution is 5.60. The van der Waals surface area contributed by atoms with Crippen molar-refractivity contribution in [2.75, 3.05) is 19.0 Å². The first kappa shape index (κ1) is 15.0. The third-order valence-electron chi connectivity index (χ3n) is 2.64. The summed E-state index contributed by atoms with van der Waals surface area (Å²) in [5.74, 6) is 0.920. The van der Waals surface area contributed by atoms with E-state index in [4.69, 9.17) is 4.74 Å². The molecule has 0 aliphatic heterocycles. The Morgan fingerprint density at radius 1 is 0.857 bits per heavy atom. The Bertz CT molecular complexity index is 565. The van der Waals surface area contributed by atoms with E-state index >= 15 is 0 Å². The van der Waals surface area contributed by atoms with Gasteiger partial charge in [0.2, 0.25) is 0 Å². The van der Waals surface area contributed by atoms with Gasteiger partial charge in [-0.2, -0.15) is 13.2 Å². The number of anilines is 2. The zero-order chi connectivity index (χ0) is 15.3. The predicted molar refractivity (Wildman–Crippen MR) is 74.3 cm³/mol. The normalized spacial score (nSPS) is 11.0. The lowest BCUT2D eigenvalue weighted by atomic mass is 10.2. The summed E-state index contributed by atoms with van der Waals surface area (Å²) in [4.78, 5) is 0. The van der Waals surface area contributed by atoms with E-state index in [-0.39, 0.29) is 5.75 Å². The summed E-state index contributed by atoms with van der Waals surface area (Å²) in [6.07, 6.45) is -4.33. The zero-order valence-electron chi connectivity index (χ0n) is 11.3. The van der Waals surface area contributed by atoms with Crippen molar-refractivity contribution < 1.29 is 22.6 Å². The number of ether oxygens (including phenoxy) is 2. The zero-order valence-corrected chi connectivity index (χ0v) is 11.3. The minimum Gasteiger partial charge on any atom is -0.497 e.